The van der Waals surface area contributed by atoms with Gasteiger partial charge in [-0.3, -0.25) is 10.2 Å². The Hall–Kier alpha value is -2.97. The third kappa shape index (κ3) is 4.65. The number of H-pyrrole nitrogens is 1. The number of amides is 1. The highest BCUT2D eigenvalue weighted by atomic mass is 16.5. The average Bonchev–Trinajstić information content (AvgIpc) is 3.31. The van der Waals surface area contributed by atoms with Gasteiger partial charge in [0, 0.05) is 63.2 Å². The van der Waals surface area contributed by atoms with Gasteiger partial charge in [0.15, 0.2) is 0 Å². The van der Waals surface area contributed by atoms with Crippen LogP contribution in [0.15, 0.2) is 29.0 Å². The molecule has 0 saturated carbocycles. The molecule has 8 nitrogen and oxygen atoms in total. The number of aromatic nitrogens is 1. The van der Waals surface area contributed by atoms with Crippen LogP contribution >= 0.6 is 0 Å². The molecule has 8 heteroatoms. The van der Waals surface area contributed by atoms with Crippen molar-refractivity contribution in [1.29, 1.82) is 0 Å². The average molecular weight is 481 g/mol. The number of carbonyl (C=O) groups is 2. The van der Waals surface area contributed by atoms with Crippen molar-refractivity contribution in [3.05, 3.63) is 40.7 Å². The summed E-state index contributed by atoms with van der Waals surface area (Å²) in [5.74, 6) is 0.0231. The number of methoxy groups -OCH3 is 2. The molecule has 0 atom stereocenters. The van der Waals surface area contributed by atoms with Gasteiger partial charge in [-0.15, -0.1) is 0 Å². The summed E-state index contributed by atoms with van der Waals surface area (Å²) in [5, 5.41) is 5.66. The first-order chi connectivity index (χ1) is 17.0. The Labute approximate surface area is 206 Å². The molecule has 1 aromatic heterocycles. The Morgan fingerprint density at radius 3 is 2.57 bits per heavy atom. The minimum atomic E-state index is -0.751. The fraction of sp³-hybridized carbons (Fsp3) is 0.519. The number of aldehydes is 1. The summed E-state index contributed by atoms with van der Waals surface area (Å²) >= 11 is 0. The molecule has 0 fully saturated rings. The van der Waals surface area contributed by atoms with Gasteiger partial charge in [0.1, 0.15) is 6.29 Å². The summed E-state index contributed by atoms with van der Waals surface area (Å²) in [4.78, 5) is 30.6. The number of benzene rings is 1. The van der Waals surface area contributed by atoms with Gasteiger partial charge in [0.25, 0.3) is 0 Å². The number of rotatable bonds is 9. The van der Waals surface area contributed by atoms with E-state index >= 15 is 0 Å². The second-order valence-corrected chi connectivity index (χ2v) is 9.54. The first-order valence-corrected chi connectivity index (χ1v) is 12.3. The molecule has 0 bridgehead atoms. The summed E-state index contributed by atoms with van der Waals surface area (Å²) in [6, 6.07) is 4.27. The number of ether oxygens (including phenoxy) is 2. The topological polar surface area (TPSA) is 96.0 Å². The number of carbonyl (C=O) groups excluding carboxylic acids is 2. The van der Waals surface area contributed by atoms with Crippen molar-refractivity contribution < 1.29 is 19.1 Å². The standard InChI is InChI=1S/C27H36N4O4/c1-18-7-5-8-20-21-15-24-22(16-23(21)29-25(20)19(2)30-28-17-18)27(9-13-34-3,10-14-35-4)26(33)31(24)11-6-12-32/h12,15-17,28-29H,5-11,13-14H2,1-4H3/b18-17+,30-19+. The first kappa shape index (κ1) is 25.1. The van der Waals surface area contributed by atoms with Gasteiger partial charge in [-0.05, 0) is 69.2 Å². The van der Waals surface area contributed by atoms with Crippen LogP contribution in [-0.2, 0) is 30.9 Å². The first-order valence-electron chi connectivity index (χ1n) is 12.3. The second kappa shape index (κ2) is 10.7. The fourth-order valence-electron chi connectivity index (χ4n) is 5.42. The lowest BCUT2D eigenvalue weighted by Gasteiger charge is -2.28. The molecule has 0 aliphatic carbocycles. The van der Waals surface area contributed by atoms with Gasteiger partial charge in [-0.25, -0.2) is 0 Å². The number of anilines is 1. The molecule has 0 radical (unpaired) electrons. The van der Waals surface area contributed by atoms with E-state index in [9.17, 15) is 9.59 Å². The van der Waals surface area contributed by atoms with Crippen LogP contribution in [0.5, 0.6) is 0 Å². The predicted molar refractivity (Wildman–Crippen MR) is 138 cm³/mol. The van der Waals surface area contributed by atoms with Crippen LogP contribution in [0.4, 0.5) is 5.69 Å². The van der Waals surface area contributed by atoms with Crippen LogP contribution in [0, 0.1) is 0 Å². The number of nitrogens with one attached hydrogen (secondary N) is 2. The van der Waals surface area contributed by atoms with E-state index in [-0.39, 0.29) is 5.91 Å². The maximum absolute atomic E-state index is 13.9. The third-order valence-corrected chi connectivity index (χ3v) is 7.32. The molecule has 2 aliphatic heterocycles. The molecule has 0 spiro atoms. The highest BCUT2D eigenvalue weighted by Crippen LogP contribution is 2.48. The van der Waals surface area contributed by atoms with Crippen molar-refractivity contribution in [1.82, 2.24) is 10.4 Å². The minimum Gasteiger partial charge on any atom is -0.385 e. The Bertz CT molecular complexity index is 1160. The zero-order valence-electron chi connectivity index (χ0n) is 21.2. The highest BCUT2D eigenvalue weighted by molar-refractivity contribution is 6.12. The molecule has 188 valence electrons. The van der Waals surface area contributed by atoms with Gasteiger partial charge in [0.2, 0.25) is 5.91 Å². The van der Waals surface area contributed by atoms with Crippen LogP contribution in [0.2, 0.25) is 0 Å². The van der Waals surface area contributed by atoms with Crippen molar-refractivity contribution in [2.24, 2.45) is 5.10 Å². The quantitative estimate of drug-likeness (QED) is 0.530. The number of fused-ring (bicyclic) bond motifs is 4. The molecular weight excluding hydrogens is 444 g/mol. The number of allylic oxidation sites excluding steroid dienone is 1. The summed E-state index contributed by atoms with van der Waals surface area (Å²) in [7, 11) is 3.31. The van der Waals surface area contributed by atoms with Gasteiger partial charge in [-0.1, -0.05) is 5.57 Å². The summed E-state index contributed by atoms with van der Waals surface area (Å²) < 4.78 is 10.8. The summed E-state index contributed by atoms with van der Waals surface area (Å²) in [6.07, 6.45) is 7.15. The molecular formula is C27H36N4O4. The monoisotopic (exact) mass is 480 g/mol. The number of aromatic amines is 1. The molecule has 1 amide bonds. The van der Waals surface area contributed by atoms with E-state index in [0.29, 0.717) is 39.0 Å². The predicted octanol–water partition coefficient (Wildman–Crippen LogP) is 3.97. The molecule has 2 N–H and O–H groups in total. The second-order valence-electron chi connectivity index (χ2n) is 9.54. The lowest BCUT2D eigenvalue weighted by atomic mass is 9.76. The SMILES string of the molecule is COCCC1(CCOC)C(=O)N(CCC=O)c2cc3c4c([nH]c3cc21)/C(C)=N/N/C=C(\C)CCC4. The number of aryl methyl sites for hydroxylation is 1. The Kier molecular flexibility index (Phi) is 7.72. The Morgan fingerprint density at radius 2 is 1.89 bits per heavy atom. The van der Waals surface area contributed by atoms with Crippen molar-refractivity contribution in [3.8, 4) is 0 Å². The number of hydrazone groups is 1. The van der Waals surface area contributed by atoms with Crippen molar-refractivity contribution >= 4 is 34.5 Å². The van der Waals surface area contributed by atoms with E-state index in [1.807, 2.05) is 13.1 Å². The zero-order valence-corrected chi connectivity index (χ0v) is 21.2. The largest absolute Gasteiger partial charge is 0.385 e. The van der Waals surface area contributed by atoms with Crippen LogP contribution < -0.4 is 10.3 Å². The Balaban J connectivity index is 1.90. The molecule has 3 heterocycles. The lowest BCUT2D eigenvalue weighted by molar-refractivity contribution is -0.124. The molecule has 4 rings (SSSR count). The van der Waals surface area contributed by atoms with Crippen LogP contribution in [0.25, 0.3) is 10.9 Å². The third-order valence-electron chi connectivity index (χ3n) is 7.32. The number of hydrogen-bond donors (Lipinski definition) is 2. The molecule has 0 unspecified atom stereocenters. The Morgan fingerprint density at radius 1 is 1.14 bits per heavy atom. The zero-order chi connectivity index (χ0) is 25.0. The molecule has 0 saturated heterocycles. The number of nitrogens with zero attached hydrogens (tertiary/aromatic N) is 2. The van der Waals surface area contributed by atoms with E-state index < -0.39 is 5.41 Å². The van der Waals surface area contributed by atoms with E-state index in [4.69, 9.17) is 9.47 Å². The molecule has 35 heavy (non-hydrogen) atoms. The van der Waals surface area contributed by atoms with Crippen molar-refractivity contribution in [3.63, 3.8) is 0 Å². The molecule has 1 aromatic carbocycles. The van der Waals surface area contributed by atoms with Crippen LogP contribution in [0.1, 0.15) is 62.8 Å². The van der Waals surface area contributed by atoms with E-state index in [2.05, 4.69) is 34.6 Å². The van der Waals surface area contributed by atoms with Gasteiger partial charge >= 0.3 is 0 Å². The van der Waals surface area contributed by atoms with E-state index in [0.717, 1.165) is 59.1 Å². The minimum absolute atomic E-state index is 0.0231. The maximum Gasteiger partial charge on any atom is 0.237 e. The molecule has 2 aliphatic rings. The van der Waals surface area contributed by atoms with Gasteiger partial charge in [0.05, 0.1) is 16.8 Å². The maximum atomic E-state index is 13.9. The fourth-order valence-corrected chi connectivity index (χ4v) is 5.42. The number of hydrogen-bond acceptors (Lipinski definition) is 6. The van der Waals surface area contributed by atoms with Gasteiger partial charge < -0.3 is 24.2 Å². The summed E-state index contributed by atoms with van der Waals surface area (Å²) in [5.41, 5.74) is 9.57. The van der Waals surface area contributed by atoms with E-state index in [1.54, 1.807) is 19.1 Å². The van der Waals surface area contributed by atoms with Crippen molar-refractivity contribution in [2.45, 2.75) is 57.8 Å². The van der Waals surface area contributed by atoms with Crippen LogP contribution in [0.3, 0.4) is 0 Å². The molecule has 2 aromatic rings. The van der Waals surface area contributed by atoms with Gasteiger partial charge in [-0.2, -0.15) is 5.10 Å². The lowest BCUT2D eigenvalue weighted by Crippen LogP contribution is -2.42. The highest BCUT2D eigenvalue weighted by Gasteiger charge is 2.50. The van der Waals surface area contributed by atoms with Crippen LogP contribution in [-0.4, -0.2) is 56.9 Å². The smallest absolute Gasteiger partial charge is 0.237 e. The normalized spacial score (nSPS) is 20.5. The van der Waals surface area contributed by atoms with E-state index in [1.165, 1.54) is 11.1 Å². The summed E-state index contributed by atoms with van der Waals surface area (Å²) in [6.45, 7) is 5.39. The van der Waals surface area contributed by atoms with Crippen molar-refractivity contribution in [2.75, 3.05) is 38.9 Å².